The van der Waals surface area contributed by atoms with Gasteiger partial charge in [-0.05, 0) is 49.9 Å². The number of rotatable bonds is 4. The van der Waals surface area contributed by atoms with Gasteiger partial charge in [0.25, 0.3) is 5.91 Å². The minimum absolute atomic E-state index is 0.0313. The molecule has 0 radical (unpaired) electrons. The van der Waals surface area contributed by atoms with Crippen molar-refractivity contribution < 1.29 is 14.1 Å². The third-order valence-corrected chi connectivity index (χ3v) is 5.75. The maximum atomic E-state index is 13.0. The number of aromatic nitrogens is 2. The maximum Gasteiger partial charge on any atom is 0.253 e. The number of anilines is 1. The van der Waals surface area contributed by atoms with Crippen LogP contribution in [0, 0.1) is 13.8 Å². The van der Waals surface area contributed by atoms with Gasteiger partial charge < -0.3 is 14.7 Å². The topological polar surface area (TPSA) is 88.3 Å². The van der Waals surface area contributed by atoms with Crippen LogP contribution in [0.2, 0.25) is 0 Å². The zero-order valence-corrected chi connectivity index (χ0v) is 18.0. The summed E-state index contributed by atoms with van der Waals surface area (Å²) in [5.74, 6) is 1.20. The molecule has 1 aliphatic rings. The lowest BCUT2D eigenvalue weighted by Gasteiger charge is -2.30. The first-order valence-electron chi connectivity index (χ1n) is 10.5. The second-order valence-electron chi connectivity index (χ2n) is 8.05. The molecule has 3 aromatic rings. The molecule has 1 fully saturated rings. The van der Waals surface area contributed by atoms with Crippen molar-refractivity contribution in [3.8, 4) is 11.4 Å². The van der Waals surface area contributed by atoms with Crippen LogP contribution in [0.1, 0.15) is 53.1 Å². The van der Waals surface area contributed by atoms with Crippen LogP contribution >= 0.6 is 0 Å². The number of nitrogens with one attached hydrogen (secondary N) is 1. The third kappa shape index (κ3) is 4.50. The molecule has 160 valence electrons. The molecule has 1 saturated heterocycles. The van der Waals surface area contributed by atoms with Crippen LogP contribution in [-0.4, -0.2) is 39.9 Å². The van der Waals surface area contributed by atoms with Crippen molar-refractivity contribution >= 4 is 17.5 Å². The molecular formula is C24H26N4O3. The highest BCUT2D eigenvalue weighted by molar-refractivity contribution is 5.97. The summed E-state index contributed by atoms with van der Waals surface area (Å²) in [4.78, 5) is 30.8. The summed E-state index contributed by atoms with van der Waals surface area (Å²) in [7, 11) is 0. The fraction of sp³-hybridized carbons (Fsp3) is 0.333. The highest BCUT2D eigenvalue weighted by Gasteiger charge is 2.28. The Morgan fingerprint density at radius 2 is 1.81 bits per heavy atom. The lowest BCUT2D eigenvalue weighted by Crippen LogP contribution is -2.38. The van der Waals surface area contributed by atoms with Crippen LogP contribution in [0.4, 0.5) is 5.69 Å². The SMILES string of the molecule is CC(=O)Nc1cc(C(=O)N2CCC(c3nc(-c4ccccc4C)no3)CC2)ccc1C. The van der Waals surface area contributed by atoms with Crippen LogP contribution in [0.15, 0.2) is 47.0 Å². The monoisotopic (exact) mass is 418 g/mol. The van der Waals surface area contributed by atoms with Gasteiger partial charge in [0.1, 0.15) is 0 Å². The standard InChI is InChI=1S/C24H26N4O3/c1-15-6-4-5-7-20(15)22-26-23(31-27-22)18-10-12-28(13-11-18)24(30)19-9-8-16(2)21(14-19)25-17(3)29/h4-9,14,18H,10-13H2,1-3H3,(H,25,29). The van der Waals surface area contributed by atoms with Gasteiger partial charge in [0, 0.05) is 42.7 Å². The molecule has 0 spiro atoms. The number of likely N-dealkylation sites (tertiary alicyclic amines) is 1. The third-order valence-electron chi connectivity index (χ3n) is 5.75. The number of benzene rings is 2. The van der Waals surface area contributed by atoms with Crippen LogP contribution in [0.3, 0.4) is 0 Å². The van der Waals surface area contributed by atoms with Crippen molar-refractivity contribution in [2.45, 2.75) is 39.5 Å². The van der Waals surface area contributed by atoms with E-state index >= 15 is 0 Å². The van der Waals surface area contributed by atoms with Crippen LogP contribution in [0.25, 0.3) is 11.4 Å². The molecule has 0 unspecified atom stereocenters. The summed E-state index contributed by atoms with van der Waals surface area (Å²) in [6.07, 6.45) is 1.54. The number of carbonyl (C=O) groups excluding carboxylic acids is 2. The molecule has 4 rings (SSSR count). The first-order chi connectivity index (χ1) is 14.9. The van der Waals surface area contributed by atoms with E-state index < -0.39 is 0 Å². The molecule has 1 aliphatic heterocycles. The Morgan fingerprint density at radius 1 is 1.06 bits per heavy atom. The first kappa shape index (κ1) is 20.8. The fourth-order valence-electron chi connectivity index (χ4n) is 3.93. The largest absolute Gasteiger partial charge is 0.339 e. The number of aryl methyl sites for hydroxylation is 2. The zero-order chi connectivity index (χ0) is 22.0. The summed E-state index contributed by atoms with van der Waals surface area (Å²) in [5.41, 5.74) is 4.24. The second kappa shape index (κ2) is 8.71. The average Bonchev–Trinajstić information content (AvgIpc) is 3.25. The van der Waals surface area contributed by atoms with Crippen LogP contribution < -0.4 is 5.32 Å². The molecule has 31 heavy (non-hydrogen) atoms. The van der Waals surface area contributed by atoms with E-state index in [4.69, 9.17) is 4.52 Å². The summed E-state index contributed by atoms with van der Waals surface area (Å²) in [6, 6.07) is 13.4. The van der Waals surface area contributed by atoms with Crippen molar-refractivity contribution in [1.82, 2.24) is 15.0 Å². The highest BCUT2D eigenvalue weighted by Crippen LogP contribution is 2.30. The van der Waals surface area contributed by atoms with Gasteiger partial charge in [0.15, 0.2) is 0 Å². The number of piperidine rings is 1. The Morgan fingerprint density at radius 3 is 2.52 bits per heavy atom. The number of nitrogens with zero attached hydrogens (tertiary/aromatic N) is 3. The molecule has 2 heterocycles. The van der Waals surface area contributed by atoms with E-state index in [1.165, 1.54) is 6.92 Å². The predicted octanol–water partition coefficient (Wildman–Crippen LogP) is 4.33. The second-order valence-corrected chi connectivity index (χ2v) is 8.05. The van der Waals surface area contributed by atoms with Gasteiger partial charge in [-0.1, -0.05) is 35.5 Å². The van der Waals surface area contributed by atoms with E-state index in [9.17, 15) is 9.59 Å². The van der Waals surface area contributed by atoms with E-state index in [1.807, 2.05) is 55.1 Å². The molecule has 2 amide bonds. The molecule has 0 atom stereocenters. The molecule has 7 nitrogen and oxygen atoms in total. The number of hydrogen-bond donors (Lipinski definition) is 1. The number of amides is 2. The van der Waals surface area contributed by atoms with E-state index in [0.717, 1.165) is 29.5 Å². The minimum atomic E-state index is -0.155. The molecule has 0 saturated carbocycles. The number of carbonyl (C=O) groups is 2. The minimum Gasteiger partial charge on any atom is -0.339 e. The van der Waals surface area contributed by atoms with Crippen molar-refractivity contribution in [3.63, 3.8) is 0 Å². The molecule has 1 N–H and O–H groups in total. The lowest BCUT2D eigenvalue weighted by molar-refractivity contribution is -0.114. The van der Waals surface area contributed by atoms with Crippen molar-refractivity contribution in [2.75, 3.05) is 18.4 Å². The zero-order valence-electron chi connectivity index (χ0n) is 18.0. The highest BCUT2D eigenvalue weighted by atomic mass is 16.5. The Labute approximate surface area is 181 Å². The van der Waals surface area contributed by atoms with E-state index in [2.05, 4.69) is 15.5 Å². The molecule has 1 aromatic heterocycles. The van der Waals surface area contributed by atoms with E-state index in [-0.39, 0.29) is 17.7 Å². The van der Waals surface area contributed by atoms with E-state index in [0.29, 0.717) is 36.1 Å². The molecular weight excluding hydrogens is 392 g/mol. The normalized spacial score (nSPS) is 14.5. The van der Waals surface area contributed by atoms with Gasteiger partial charge in [-0.2, -0.15) is 4.98 Å². The van der Waals surface area contributed by atoms with Crippen molar-refractivity contribution in [1.29, 1.82) is 0 Å². The Kier molecular flexibility index (Phi) is 5.84. The predicted molar refractivity (Wildman–Crippen MR) is 118 cm³/mol. The molecule has 0 bridgehead atoms. The van der Waals surface area contributed by atoms with Crippen molar-refractivity contribution in [3.05, 3.63) is 65.0 Å². The Balaban J connectivity index is 1.42. The first-order valence-corrected chi connectivity index (χ1v) is 10.5. The Bertz CT molecular complexity index is 1110. The van der Waals surface area contributed by atoms with Gasteiger partial charge in [0.2, 0.25) is 17.6 Å². The summed E-state index contributed by atoms with van der Waals surface area (Å²) in [6.45, 7) is 6.63. The van der Waals surface area contributed by atoms with Gasteiger partial charge in [0.05, 0.1) is 0 Å². The maximum absolute atomic E-state index is 13.0. The van der Waals surface area contributed by atoms with Crippen molar-refractivity contribution in [2.24, 2.45) is 0 Å². The van der Waals surface area contributed by atoms with Gasteiger partial charge in [-0.25, -0.2) is 0 Å². The van der Waals surface area contributed by atoms with Crippen LogP contribution in [0.5, 0.6) is 0 Å². The molecule has 7 heteroatoms. The number of hydrogen-bond acceptors (Lipinski definition) is 5. The van der Waals surface area contributed by atoms with Gasteiger partial charge >= 0.3 is 0 Å². The lowest BCUT2D eigenvalue weighted by atomic mass is 9.96. The Hall–Kier alpha value is -3.48. The van der Waals surface area contributed by atoms with E-state index in [1.54, 1.807) is 6.07 Å². The van der Waals surface area contributed by atoms with Crippen LogP contribution in [-0.2, 0) is 4.79 Å². The summed E-state index contributed by atoms with van der Waals surface area (Å²) in [5, 5.41) is 6.95. The quantitative estimate of drug-likeness (QED) is 0.681. The molecule has 0 aliphatic carbocycles. The smallest absolute Gasteiger partial charge is 0.253 e. The fourth-order valence-corrected chi connectivity index (χ4v) is 3.93. The molecule has 2 aromatic carbocycles. The average molecular weight is 418 g/mol. The summed E-state index contributed by atoms with van der Waals surface area (Å²) < 4.78 is 5.56. The van der Waals surface area contributed by atoms with Gasteiger partial charge in [-0.15, -0.1) is 0 Å². The van der Waals surface area contributed by atoms with Gasteiger partial charge in [-0.3, -0.25) is 9.59 Å². The summed E-state index contributed by atoms with van der Waals surface area (Å²) >= 11 is 0.